The number of ether oxygens (including phenoxy) is 2. The fourth-order valence-corrected chi connectivity index (χ4v) is 1.53. The Morgan fingerprint density at radius 2 is 2.12 bits per heavy atom. The van der Waals surface area contributed by atoms with Gasteiger partial charge in [-0.15, -0.1) is 0 Å². The molecule has 0 bridgehead atoms. The summed E-state index contributed by atoms with van der Waals surface area (Å²) in [6.07, 6.45) is 0. The molecule has 0 aromatic heterocycles. The number of halogens is 1. The van der Waals surface area contributed by atoms with Gasteiger partial charge in [-0.3, -0.25) is 0 Å². The van der Waals surface area contributed by atoms with E-state index in [-0.39, 0.29) is 5.75 Å². The highest BCUT2D eigenvalue weighted by Gasteiger charge is 2.08. The van der Waals surface area contributed by atoms with Gasteiger partial charge in [0.1, 0.15) is 0 Å². The van der Waals surface area contributed by atoms with Gasteiger partial charge in [-0.25, -0.2) is 0 Å². The molecule has 0 saturated heterocycles. The summed E-state index contributed by atoms with van der Waals surface area (Å²) in [5.41, 5.74) is 0.954. The van der Waals surface area contributed by atoms with Crippen molar-refractivity contribution in [2.24, 2.45) is 0 Å². The molecule has 1 aromatic carbocycles. The molecule has 1 aromatic rings. The standard InChI is InChI=1S/C11H16ClNO3/c1-15-4-3-13-7-8-5-9(12)11(14)10(6-8)16-2/h5-6,13-14H,3-4,7H2,1-2H3. The van der Waals surface area contributed by atoms with Crippen LogP contribution in [0.3, 0.4) is 0 Å². The molecular weight excluding hydrogens is 230 g/mol. The maximum absolute atomic E-state index is 9.53. The molecule has 90 valence electrons. The minimum Gasteiger partial charge on any atom is -0.503 e. The van der Waals surface area contributed by atoms with Crippen molar-refractivity contribution in [3.8, 4) is 11.5 Å². The first-order valence-electron chi connectivity index (χ1n) is 4.94. The number of hydrogen-bond acceptors (Lipinski definition) is 4. The summed E-state index contributed by atoms with van der Waals surface area (Å²) in [4.78, 5) is 0. The van der Waals surface area contributed by atoms with Gasteiger partial charge in [-0.05, 0) is 17.7 Å². The normalized spacial score (nSPS) is 10.4. The monoisotopic (exact) mass is 245 g/mol. The third kappa shape index (κ3) is 3.56. The lowest BCUT2D eigenvalue weighted by molar-refractivity contribution is 0.199. The maximum atomic E-state index is 9.53. The quantitative estimate of drug-likeness (QED) is 0.751. The van der Waals surface area contributed by atoms with Gasteiger partial charge in [0, 0.05) is 20.2 Å². The summed E-state index contributed by atoms with van der Waals surface area (Å²) in [6, 6.07) is 3.46. The van der Waals surface area contributed by atoms with Crippen LogP contribution in [0.5, 0.6) is 11.5 Å². The van der Waals surface area contributed by atoms with Crippen molar-refractivity contribution in [3.63, 3.8) is 0 Å². The van der Waals surface area contributed by atoms with Crippen molar-refractivity contribution in [2.45, 2.75) is 6.54 Å². The highest BCUT2D eigenvalue weighted by molar-refractivity contribution is 6.32. The molecule has 0 atom stereocenters. The lowest BCUT2D eigenvalue weighted by Gasteiger charge is -2.09. The van der Waals surface area contributed by atoms with Crippen molar-refractivity contribution < 1.29 is 14.6 Å². The van der Waals surface area contributed by atoms with Crippen LogP contribution in [0.15, 0.2) is 12.1 Å². The Morgan fingerprint density at radius 3 is 2.75 bits per heavy atom. The van der Waals surface area contributed by atoms with Gasteiger partial charge < -0.3 is 19.9 Å². The number of methoxy groups -OCH3 is 2. The minimum absolute atomic E-state index is 0.0233. The second kappa shape index (κ2) is 6.58. The van der Waals surface area contributed by atoms with Gasteiger partial charge in [0.25, 0.3) is 0 Å². The molecule has 0 spiro atoms. The van der Waals surface area contributed by atoms with Crippen LogP contribution >= 0.6 is 11.6 Å². The van der Waals surface area contributed by atoms with Crippen molar-refractivity contribution in [2.75, 3.05) is 27.4 Å². The highest BCUT2D eigenvalue weighted by Crippen LogP contribution is 2.34. The van der Waals surface area contributed by atoms with Gasteiger partial charge >= 0.3 is 0 Å². The van der Waals surface area contributed by atoms with Crippen molar-refractivity contribution >= 4 is 11.6 Å². The van der Waals surface area contributed by atoms with E-state index in [2.05, 4.69) is 5.32 Å². The van der Waals surface area contributed by atoms with E-state index in [1.165, 1.54) is 7.11 Å². The smallest absolute Gasteiger partial charge is 0.176 e. The zero-order valence-electron chi connectivity index (χ0n) is 9.42. The third-order valence-corrected chi connectivity index (χ3v) is 2.41. The number of benzene rings is 1. The SMILES string of the molecule is COCCNCc1cc(Cl)c(O)c(OC)c1. The van der Waals surface area contributed by atoms with Crippen LogP contribution in [0, 0.1) is 0 Å². The molecule has 0 radical (unpaired) electrons. The number of hydrogen-bond donors (Lipinski definition) is 2. The average molecular weight is 246 g/mol. The van der Waals surface area contributed by atoms with Gasteiger partial charge in [-0.2, -0.15) is 0 Å². The lowest BCUT2D eigenvalue weighted by Crippen LogP contribution is -2.18. The first-order chi connectivity index (χ1) is 7.69. The summed E-state index contributed by atoms with van der Waals surface area (Å²) in [5, 5.41) is 13.0. The van der Waals surface area contributed by atoms with Crippen LogP contribution < -0.4 is 10.1 Å². The fraction of sp³-hybridized carbons (Fsp3) is 0.455. The van der Waals surface area contributed by atoms with Crippen LogP contribution in [0.2, 0.25) is 5.02 Å². The number of rotatable bonds is 6. The van der Waals surface area contributed by atoms with E-state index in [0.717, 1.165) is 12.1 Å². The van der Waals surface area contributed by atoms with Crippen LogP contribution in [0.25, 0.3) is 0 Å². The molecule has 0 aliphatic heterocycles. The first-order valence-corrected chi connectivity index (χ1v) is 5.32. The van der Waals surface area contributed by atoms with E-state index in [4.69, 9.17) is 21.1 Å². The van der Waals surface area contributed by atoms with Crippen LogP contribution in [0.4, 0.5) is 0 Å². The summed E-state index contributed by atoms with van der Waals surface area (Å²) < 4.78 is 9.92. The van der Waals surface area contributed by atoms with Crippen molar-refractivity contribution in [1.82, 2.24) is 5.32 Å². The van der Waals surface area contributed by atoms with E-state index in [1.807, 2.05) is 0 Å². The molecule has 4 nitrogen and oxygen atoms in total. The Balaban J connectivity index is 2.63. The largest absolute Gasteiger partial charge is 0.503 e. The fourth-order valence-electron chi connectivity index (χ4n) is 1.29. The summed E-state index contributed by atoms with van der Waals surface area (Å²) in [7, 11) is 3.15. The van der Waals surface area contributed by atoms with E-state index >= 15 is 0 Å². The van der Waals surface area contributed by atoms with Crippen molar-refractivity contribution in [1.29, 1.82) is 0 Å². The average Bonchev–Trinajstić information content (AvgIpc) is 2.29. The Hall–Kier alpha value is -0.970. The van der Waals surface area contributed by atoms with E-state index in [1.54, 1.807) is 19.2 Å². The predicted molar refractivity (Wildman–Crippen MR) is 63.3 cm³/mol. The predicted octanol–water partition coefficient (Wildman–Crippen LogP) is 1.79. The molecule has 0 amide bonds. The molecule has 1 rings (SSSR count). The third-order valence-electron chi connectivity index (χ3n) is 2.12. The molecule has 0 unspecified atom stereocenters. The molecule has 0 aliphatic rings. The zero-order chi connectivity index (χ0) is 12.0. The van der Waals surface area contributed by atoms with Crippen LogP contribution in [-0.2, 0) is 11.3 Å². The van der Waals surface area contributed by atoms with Crippen molar-refractivity contribution in [3.05, 3.63) is 22.7 Å². The molecule has 0 aliphatic carbocycles. The minimum atomic E-state index is -0.0233. The van der Waals surface area contributed by atoms with E-state index in [9.17, 15) is 5.11 Å². The molecule has 2 N–H and O–H groups in total. The molecule has 5 heteroatoms. The highest BCUT2D eigenvalue weighted by atomic mass is 35.5. The number of nitrogens with one attached hydrogen (secondary N) is 1. The Morgan fingerprint density at radius 1 is 1.38 bits per heavy atom. The molecule has 0 heterocycles. The first kappa shape index (κ1) is 13.1. The van der Waals surface area contributed by atoms with E-state index in [0.29, 0.717) is 23.9 Å². The summed E-state index contributed by atoms with van der Waals surface area (Å²) in [5.74, 6) is 0.362. The number of aromatic hydroxyl groups is 1. The summed E-state index contributed by atoms with van der Waals surface area (Å²) >= 11 is 5.86. The second-order valence-corrected chi connectivity index (χ2v) is 3.71. The molecule has 0 saturated carbocycles. The van der Waals surface area contributed by atoms with Gasteiger partial charge in [0.15, 0.2) is 11.5 Å². The van der Waals surface area contributed by atoms with Gasteiger partial charge in [-0.1, -0.05) is 11.6 Å². The zero-order valence-corrected chi connectivity index (χ0v) is 10.2. The molecular formula is C11H16ClNO3. The van der Waals surface area contributed by atoms with Gasteiger partial charge in [0.05, 0.1) is 18.7 Å². The van der Waals surface area contributed by atoms with Crippen LogP contribution in [-0.4, -0.2) is 32.5 Å². The van der Waals surface area contributed by atoms with Crippen LogP contribution in [0.1, 0.15) is 5.56 Å². The number of phenolic OH excluding ortho intramolecular Hbond substituents is 1. The van der Waals surface area contributed by atoms with E-state index < -0.39 is 0 Å². The maximum Gasteiger partial charge on any atom is 0.176 e. The lowest BCUT2D eigenvalue weighted by atomic mass is 10.2. The topological polar surface area (TPSA) is 50.7 Å². The molecule has 0 fully saturated rings. The Kier molecular flexibility index (Phi) is 5.38. The molecule has 16 heavy (non-hydrogen) atoms. The summed E-state index contributed by atoms with van der Waals surface area (Å²) in [6.45, 7) is 2.07. The second-order valence-electron chi connectivity index (χ2n) is 3.30. The Bertz CT molecular complexity index is 344. The Labute approximate surface area is 100 Å². The van der Waals surface area contributed by atoms with Gasteiger partial charge in [0.2, 0.25) is 0 Å². The number of phenols is 1.